The highest BCUT2D eigenvalue weighted by Gasteiger charge is 2.34. The molecule has 2 N–H and O–H groups in total. The normalized spacial score (nSPS) is 16.2. The fourth-order valence-electron chi connectivity index (χ4n) is 3.14. The molecule has 2 aromatic carbocycles. The van der Waals surface area contributed by atoms with Gasteiger partial charge in [-0.2, -0.15) is 5.10 Å². The Morgan fingerprint density at radius 2 is 1.76 bits per heavy atom. The highest BCUT2D eigenvalue weighted by atomic mass is 32.2. The molecule has 10 heteroatoms. The molecule has 1 aliphatic heterocycles. The highest BCUT2D eigenvalue weighted by molar-refractivity contribution is 8.18. The molecule has 1 aromatic heterocycles. The average Bonchev–Trinajstić information content (AvgIpc) is 3.45. The van der Waals surface area contributed by atoms with E-state index in [2.05, 4.69) is 10.2 Å². The second kappa shape index (κ2) is 10.2. The van der Waals surface area contributed by atoms with Crippen molar-refractivity contribution in [3.8, 4) is 23.0 Å². The van der Waals surface area contributed by atoms with Crippen LogP contribution in [-0.2, 0) is 11.3 Å². The molecule has 0 unspecified atom stereocenters. The maximum Gasteiger partial charge on any atom is 0.267 e. The van der Waals surface area contributed by atoms with Crippen molar-refractivity contribution in [1.29, 1.82) is 0 Å². The Balaban J connectivity index is 1.63. The van der Waals surface area contributed by atoms with Gasteiger partial charge in [0.2, 0.25) is 5.75 Å². The van der Waals surface area contributed by atoms with Gasteiger partial charge in [0, 0.05) is 5.56 Å². The Morgan fingerprint density at radius 3 is 2.38 bits per heavy atom. The number of methoxy groups -OCH3 is 2. The third-order valence-electron chi connectivity index (χ3n) is 4.83. The SMILES string of the molecule is COc1cc(/C=N/N=C2\S/C(=C\c3ccc(O)cc3)C(=O)N2Cc2ccco2)cc(OC)c1O. The number of hydrogen-bond acceptors (Lipinski definition) is 9. The number of carbonyl (C=O) groups excluding carboxylic acids is 1. The second-order valence-corrected chi connectivity index (χ2v) is 8.08. The van der Waals surface area contributed by atoms with Crippen LogP contribution in [0.2, 0.25) is 0 Å². The number of hydrogen-bond donors (Lipinski definition) is 2. The zero-order valence-corrected chi connectivity index (χ0v) is 19.2. The summed E-state index contributed by atoms with van der Waals surface area (Å²) in [6, 6.07) is 13.2. The van der Waals surface area contributed by atoms with Crippen LogP contribution < -0.4 is 9.47 Å². The van der Waals surface area contributed by atoms with Crippen molar-refractivity contribution >= 4 is 35.1 Å². The number of phenolic OH excluding ortho intramolecular Hbond substituents is 2. The van der Waals surface area contributed by atoms with Crippen molar-refractivity contribution in [1.82, 2.24) is 4.90 Å². The van der Waals surface area contributed by atoms with E-state index in [4.69, 9.17) is 13.9 Å². The number of aromatic hydroxyl groups is 2. The summed E-state index contributed by atoms with van der Waals surface area (Å²) in [5.74, 6) is 0.862. The lowest BCUT2D eigenvalue weighted by Gasteiger charge is -2.12. The molecule has 2 heterocycles. The van der Waals surface area contributed by atoms with E-state index < -0.39 is 0 Å². The number of furan rings is 1. The summed E-state index contributed by atoms with van der Waals surface area (Å²) in [7, 11) is 2.87. The number of thioether (sulfide) groups is 1. The van der Waals surface area contributed by atoms with Gasteiger partial charge in [0.15, 0.2) is 16.7 Å². The third-order valence-corrected chi connectivity index (χ3v) is 5.82. The molecule has 0 spiro atoms. The minimum absolute atomic E-state index is 0.112. The van der Waals surface area contributed by atoms with Crippen molar-refractivity contribution in [3.05, 3.63) is 76.6 Å². The molecule has 0 aliphatic carbocycles. The number of benzene rings is 2. The van der Waals surface area contributed by atoms with Crippen LogP contribution in [0.5, 0.6) is 23.0 Å². The molecule has 3 aromatic rings. The first-order chi connectivity index (χ1) is 16.5. The van der Waals surface area contributed by atoms with Crippen molar-refractivity contribution in [2.24, 2.45) is 10.2 Å². The fourth-order valence-corrected chi connectivity index (χ4v) is 4.07. The Hall–Kier alpha value is -4.18. The summed E-state index contributed by atoms with van der Waals surface area (Å²) < 4.78 is 15.7. The van der Waals surface area contributed by atoms with E-state index in [1.807, 2.05) is 0 Å². The van der Waals surface area contributed by atoms with Crippen LogP contribution in [0.1, 0.15) is 16.9 Å². The lowest BCUT2D eigenvalue weighted by Crippen LogP contribution is -2.28. The van der Waals surface area contributed by atoms with Crippen LogP contribution in [0.15, 0.2) is 74.3 Å². The molecule has 174 valence electrons. The van der Waals surface area contributed by atoms with Crippen molar-refractivity contribution < 1.29 is 28.9 Å². The van der Waals surface area contributed by atoms with E-state index in [9.17, 15) is 15.0 Å². The van der Waals surface area contributed by atoms with E-state index in [0.29, 0.717) is 21.4 Å². The first-order valence-corrected chi connectivity index (χ1v) is 10.9. The minimum atomic E-state index is -0.239. The molecule has 1 aliphatic rings. The fraction of sp³-hybridized carbons (Fsp3) is 0.125. The number of nitrogens with zero attached hydrogens (tertiary/aromatic N) is 3. The number of carbonyl (C=O) groups is 1. The van der Waals surface area contributed by atoms with Gasteiger partial charge in [-0.15, -0.1) is 5.10 Å². The van der Waals surface area contributed by atoms with Crippen LogP contribution in [0.25, 0.3) is 6.08 Å². The Bertz CT molecular complexity index is 1240. The molecule has 4 rings (SSSR count). The maximum absolute atomic E-state index is 13.1. The molecule has 34 heavy (non-hydrogen) atoms. The zero-order chi connectivity index (χ0) is 24.1. The summed E-state index contributed by atoms with van der Waals surface area (Å²) in [6.07, 6.45) is 4.73. The summed E-state index contributed by atoms with van der Waals surface area (Å²) in [5.41, 5.74) is 1.35. The summed E-state index contributed by atoms with van der Waals surface area (Å²) >= 11 is 1.18. The van der Waals surface area contributed by atoms with Gasteiger partial charge in [0.25, 0.3) is 5.91 Å². The van der Waals surface area contributed by atoms with E-state index in [0.717, 1.165) is 5.56 Å². The van der Waals surface area contributed by atoms with Gasteiger partial charge in [-0.3, -0.25) is 9.69 Å². The smallest absolute Gasteiger partial charge is 0.267 e. The van der Waals surface area contributed by atoms with E-state index in [1.165, 1.54) is 43.4 Å². The predicted octanol–water partition coefficient (Wildman–Crippen LogP) is 4.21. The Kier molecular flexibility index (Phi) is 6.88. The minimum Gasteiger partial charge on any atom is -0.508 e. The van der Waals surface area contributed by atoms with Crippen LogP contribution in [-0.4, -0.2) is 46.6 Å². The molecule has 1 saturated heterocycles. The summed E-state index contributed by atoms with van der Waals surface area (Å²) in [5, 5.41) is 28.3. The molecule has 0 bridgehead atoms. The van der Waals surface area contributed by atoms with E-state index >= 15 is 0 Å². The van der Waals surface area contributed by atoms with Gasteiger partial charge in [-0.05, 0) is 59.8 Å². The van der Waals surface area contributed by atoms with Crippen LogP contribution in [0, 0.1) is 0 Å². The molecule has 1 amide bonds. The standard InChI is InChI=1S/C24H21N3O6S/c1-31-19-10-16(11-20(32-2)22(19)29)13-25-26-24-27(14-18-4-3-9-33-18)23(30)21(34-24)12-15-5-7-17(28)8-6-15/h3-13,28-29H,14H2,1-2H3/b21-12-,25-13+,26-24-. The zero-order valence-electron chi connectivity index (χ0n) is 18.3. The van der Waals surface area contributed by atoms with Crippen molar-refractivity contribution in [3.63, 3.8) is 0 Å². The highest BCUT2D eigenvalue weighted by Crippen LogP contribution is 2.37. The summed E-state index contributed by atoms with van der Waals surface area (Å²) in [4.78, 5) is 15.0. The molecular weight excluding hydrogens is 458 g/mol. The van der Waals surface area contributed by atoms with Crippen LogP contribution in [0.3, 0.4) is 0 Å². The quantitative estimate of drug-likeness (QED) is 0.296. The third kappa shape index (κ3) is 5.07. The number of amides is 1. The molecule has 0 atom stereocenters. The van der Waals surface area contributed by atoms with Crippen LogP contribution >= 0.6 is 11.8 Å². The van der Waals surface area contributed by atoms with Gasteiger partial charge in [-0.25, -0.2) is 0 Å². The van der Waals surface area contributed by atoms with E-state index in [1.54, 1.807) is 54.6 Å². The Morgan fingerprint density at radius 1 is 1.06 bits per heavy atom. The summed E-state index contributed by atoms with van der Waals surface area (Å²) in [6.45, 7) is 0.195. The monoisotopic (exact) mass is 479 g/mol. The number of phenols is 2. The lowest BCUT2D eigenvalue weighted by atomic mass is 10.2. The largest absolute Gasteiger partial charge is 0.508 e. The van der Waals surface area contributed by atoms with Crippen molar-refractivity contribution in [2.45, 2.75) is 6.54 Å². The van der Waals surface area contributed by atoms with E-state index in [-0.39, 0.29) is 35.4 Å². The molecule has 9 nitrogen and oxygen atoms in total. The number of rotatable bonds is 7. The lowest BCUT2D eigenvalue weighted by molar-refractivity contribution is -0.122. The molecule has 1 fully saturated rings. The maximum atomic E-state index is 13.1. The Labute approximate surface area is 199 Å². The van der Waals surface area contributed by atoms with Gasteiger partial charge in [-0.1, -0.05) is 12.1 Å². The van der Waals surface area contributed by atoms with Crippen molar-refractivity contribution in [2.75, 3.05) is 14.2 Å². The molecule has 0 saturated carbocycles. The van der Waals surface area contributed by atoms with Gasteiger partial charge >= 0.3 is 0 Å². The van der Waals surface area contributed by atoms with Gasteiger partial charge in [0.1, 0.15) is 11.5 Å². The number of ether oxygens (including phenoxy) is 2. The second-order valence-electron chi connectivity index (χ2n) is 7.07. The average molecular weight is 480 g/mol. The van der Waals surface area contributed by atoms with Crippen LogP contribution in [0.4, 0.5) is 0 Å². The molecular formula is C24H21N3O6S. The van der Waals surface area contributed by atoms with Gasteiger partial charge < -0.3 is 24.1 Å². The number of amidine groups is 1. The molecule has 0 radical (unpaired) electrons. The first-order valence-electron chi connectivity index (χ1n) is 10.1. The van der Waals surface area contributed by atoms with Gasteiger partial charge in [0.05, 0.1) is 38.1 Å². The first kappa shape index (κ1) is 23.0. The topological polar surface area (TPSA) is 117 Å². The predicted molar refractivity (Wildman–Crippen MR) is 129 cm³/mol.